The van der Waals surface area contributed by atoms with Crippen LogP contribution in [0.25, 0.3) is 0 Å². The summed E-state index contributed by atoms with van der Waals surface area (Å²) in [6.07, 6.45) is 0.709. The van der Waals surface area contributed by atoms with Crippen molar-refractivity contribution in [2.24, 2.45) is 10.2 Å². The second-order valence-electron chi connectivity index (χ2n) is 4.68. The number of hydrogen-bond donors (Lipinski definition) is 2. The lowest BCUT2D eigenvalue weighted by atomic mass is 9.89. The number of benzene rings is 2. The van der Waals surface area contributed by atoms with Gasteiger partial charge in [-0.2, -0.15) is 5.10 Å². The Bertz CT molecular complexity index is 635. The second-order valence-corrected chi connectivity index (χ2v) is 4.68. The van der Waals surface area contributed by atoms with E-state index in [1.54, 1.807) is 0 Å². The maximum absolute atomic E-state index is 9.23. The van der Waals surface area contributed by atoms with Crippen molar-refractivity contribution in [2.45, 2.75) is 12.3 Å². The smallest absolute Gasteiger partial charge is 0.156 e. The molecule has 2 N–H and O–H groups in total. The summed E-state index contributed by atoms with van der Waals surface area (Å²) in [5, 5.41) is 17.5. The van der Waals surface area contributed by atoms with E-state index in [4.69, 9.17) is 0 Å². The van der Waals surface area contributed by atoms with Crippen LogP contribution >= 0.6 is 0 Å². The second kappa shape index (κ2) is 5.67. The van der Waals surface area contributed by atoms with Crippen molar-refractivity contribution < 1.29 is 5.21 Å². The number of hydroxylamine groups is 1. The molecule has 0 fully saturated rings. The minimum Gasteiger partial charge on any atom is -0.290 e. The lowest BCUT2D eigenvalue weighted by Gasteiger charge is -2.22. The summed E-state index contributed by atoms with van der Waals surface area (Å²) in [5.74, 6) is 0.477. The number of nitrogens with one attached hydrogen (secondary N) is 1. The molecule has 2 aromatic carbocycles. The Morgan fingerprint density at radius 3 is 2.20 bits per heavy atom. The highest BCUT2D eigenvalue weighted by Crippen LogP contribution is 2.26. The van der Waals surface area contributed by atoms with Gasteiger partial charge in [-0.25, -0.2) is 0 Å². The molecule has 1 unspecified atom stereocenters. The predicted octanol–water partition coefficient (Wildman–Crippen LogP) is 2.96. The Kier molecular flexibility index (Phi) is 3.56. The molecule has 100 valence electrons. The average molecular weight is 265 g/mol. The molecule has 4 nitrogen and oxygen atoms in total. The molecule has 0 spiro atoms. The highest BCUT2D eigenvalue weighted by Gasteiger charge is 2.24. The zero-order valence-electron chi connectivity index (χ0n) is 10.9. The highest BCUT2D eigenvalue weighted by atomic mass is 16.5. The van der Waals surface area contributed by atoms with Crippen LogP contribution in [0.2, 0.25) is 0 Å². The fraction of sp³-hybridized carbons (Fsp3) is 0.125. The van der Waals surface area contributed by atoms with Crippen molar-refractivity contribution in [3.8, 4) is 0 Å². The molecule has 1 heterocycles. The van der Waals surface area contributed by atoms with E-state index in [0.29, 0.717) is 12.3 Å². The molecule has 0 bridgehead atoms. The minimum absolute atomic E-state index is 0.00564. The molecule has 0 aliphatic carbocycles. The summed E-state index contributed by atoms with van der Waals surface area (Å²) >= 11 is 0. The molecular formula is C16H15N3O. The summed E-state index contributed by atoms with van der Waals surface area (Å²) in [7, 11) is 0. The summed E-state index contributed by atoms with van der Waals surface area (Å²) in [5.41, 5.74) is 5.27. The zero-order valence-corrected chi connectivity index (χ0v) is 10.9. The van der Waals surface area contributed by atoms with Crippen molar-refractivity contribution in [2.75, 3.05) is 0 Å². The molecule has 0 saturated heterocycles. The lowest BCUT2D eigenvalue weighted by molar-refractivity contribution is 0.229. The monoisotopic (exact) mass is 265 g/mol. The molecular weight excluding hydrogens is 250 g/mol. The standard InChI is InChI=1S/C16H15N3O/c20-19-16-14(12-7-3-1-4-8-12)11-15(17-18-16)13-9-5-2-6-10-13/h1-10,14,20H,11H2,(H,18,19). The first-order chi connectivity index (χ1) is 9.88. The van der Waals surface area contributed by atoms with Gasteiger partial charge in [-0.1, -0.05) is 60.7 Å². The Morgan fingerprint density at radius 2 is 1.55 bits per heavy atom. The largest absolute Gasteiger partial charge is 0.290 e. The molecule has 0 radical (unpaired) electrons. The minimum atomic E-state index is -0.00564. The molecule has 20 heavy (non-hydrogen) atoms. The van der Waals surface area contributed by atoms with Gasteiger partial charge >= 0.3 is 0 Å². The molecule has 2 aromatic rings. The van der Waals surface area contributed by atoms with Gasteiger partial charge in [0.25, 0.3) is 0 Å². The molecule has 0 aromatic heterocycles. The van der Waals surface area contributed by atoms with Gasteiger partial charge in [0.1, 0.15) is 0 Å². The van der Waals surface area contributed by atoms with Gasteiger partial charge in [0.15, 0.2) is 5.84 Å². The van der Waals surface area contributed by atoms with Crippen LogP contribution in [0.4, 0.5) is 0 Å². The van der Waals surface area contributed by atoms with Crippen molar-refractivity contribution in [1.29, 1.82) is 0 Å². The van der Waals surface area contributed by atoms with Gasteiger partial charge in [-0.05, 0) is 11.1 Å². The number of nitrogens with zero attached hydrogens (tertiary/aromatic N) is 2. The van der Waals surface area contributed by atoms with E-state index in [1.165, 1.54) is 0 Å². The zero-order chi connectivity index (χ0) is 13.8. The van der Waals surface area contributed by atoms with E-state index in [9.17, 15) is 5.21 Å². The summed E-state index contributed by atoms with van der Waals surface area (Å²) < 4.78 is 0. The van der Waals surface area contributed by atoms with Crippen LogP contribution in [-0.2, 0) is 0 Å². The van der Waals surface area contributed by atoms with Gasteiger partial charge in [0.05, 0.1) is 11.6 Å². The van der Waals surface area contributed by atoms with Crippen LogP contribution in [-0.4, -0.2) is 16.8 Å². The number of amidine groups is 1. The first-order valence-corrected chi connectivity index (χ1v) is 6.53. The van der Waals surface area contributed by atoms with E-state index >= 15 is 0 Å². The quantitative estimate of drug-likeness (QED) is 0.820. The van der Waals surface area contributed by atoms with Gasteiger partial charge in [0, 0.05) is 6.42 Å². The molecule has 1 aliphatic rings. The van der Waals surface area contributed by atoms with E-state index < -0.39 is 0 Å². The molecule has 0 saturated carbocycles. The van der Waals surface area contributed by atoms with E-state index in [0.717, 1.165) is 16.8 Å². The molecule has 0 amide bonds. The highest BCUT2D eigenvalue weighted by molar-refractivity contribution is 6.06. The molecule has 4 heteroatoms. The topological polar surface area (TPSA) is 57.0 Å². The van der Waals surface area contributed by atoms with E-state index in [1.807, 2.05) is 60.7 Å². The maximum Gasteiger partial charge on any atom is 0.156 e. The Labute approximate surface area is 117 Å². The summed E-state index contributed by atoms with van der Waals surface area (Å²) in [4.78, 5) is 0. The third kappa shape index (κ3) is 2.46. The Hall–Kier alpha value is -2.46. The van der Waals surface area contributed by atoms with Gasteiger partial charge in [0.2, 0.25) is 0 Å². The van der Waals surface area contributed by atoms with Crippen LogP contribution in [0.3, 0.4) is 0 Å². The Morgan fingerprint density at radius 1 is 0.900 bits per heavy atom. The van der Waals surface area contributed by atoms with Crippen LogP contribution < -0.4 is 5.48 Å². The third-order valence-electron chi connectivity index (χ3n) is 3.43. The van der Waals surface area contributed by atoms with Gasteiger partial charge in [-0.15, -0.1) is 5.10 Å². The first-order valence-electron chi connectivity index (χ1n) is 6.53. The van der Waals surface area contributed by atoms with Gasteiger partial charge in [-0.3, -0.25) is 10.7 Å². The lowest BCUT2D eigenvalue weighted by Crippen LogP contribution is -2.30. The molecule has 3 rings (SSSR count). The van der Waals surface area contributed by atoms with Gasteiger partial charge < -0.3 is 0 Å². The normalized spacial score (nSPS) is 18.1. The first kappa shape index (κ1) is 12.6. The SMILES string of the molecule is ONC1=NN=C(c2ccccc2)CC1c1ccccc1. The van der Waals surface area contributed by atoms with Crippen LogP contribution in [0.1, 0.15) is 23.5 Å². The third-order valence-corrected chi connectivity index (χ3v) is 3.43. The van der Waals surface area contributed by atoms with Crippen LogP contribution in [0, 0.1) is 0 Å². The summed E-state index contributed by atoms with van der Waals surface area (Å²) in [6.45, 7) is 0. The van der Waals surface area contributed by atoms with E-state index in [-0.39, 0.29) is 5.92 Å². The number of hydrogen-bond acceptors (Lipinski definition) is 4. The van der Waals surface area contributed by atoms with Crippen LogP contribution in [0.15, 0.2) is 70.9 Å². The van der Waals surface area contributed by atoms with Crippen LogP contribution in [0.5, 0.6) is 0 Å². The predicted molar refractivity (Wildman–Crippen MR) is 79.1 cm³/mol. The number of rotatable bonds is 2. The van der Waals surface area contributed by atoms with Crippen molar-refractivity contribution >= 4 is 11.5 Å². The van der Waals surface area contributed by atoms with Crippen molar-refractivity contribution in [3.63, 3.8) is 0 Å². The average Bonchev–Trinajstić information content (AvgIpc) is 2.56. The maximum atomic E-state index is 9.23. The van der Waals surface area contributed by atoms with Crippen molar-refractivity contribution in [3.05, 3.63) is 71.8 Å². The Balaban J connectivity index is 1.95. The fourth-order valence-corrected chi connectivity index (χ4v) is 2.38. The molecule has 1 atom stereocenters. The fourth-order valence-electron chi connectivity index (χ4n) is 2.38. The van der Waals surface area contributed by atoms with E-state index in [2.05, 4.69) is 15.7 Å². The summed E-state index contributed by atoms with van der Waals surface area (Å²) in [6, 6.07) is 20.0. The molecule has 1 aliphatic heterocycles. The van der Waals surface area contributed by atoms with Crippen molar-refractivity contribution in [1.82, 2.24) is 5.48 Å².